The van der Waals surface area contributed by atoms with Gasteiger partial charge < -0.3 is 5.73 Å². The van der Waals surface area contributed by atoms with Crippen LogP contribution in [0, 0.1) is 25.2 Å². The van der Waals surface area contributed by atoms with Gasteiger partial charge in [-0.05, 0) is 30.5 Å². The van der Waals surface area contributed by atoms with Crippen molar-refractivity contribution in [3.8, 4) is 6.07 Å². The topological polar surface area (TPSA) is 49.8 Å². The zero-order chi connectivity index (χ0) is 13.2. The molecule has 1 unspecified atom stereocenters. The van der Waals surface area contributed by atoms with Crippen molar-refractivity contribution in [3.05, 3.63) is 70.8 Å². The molecule has 2 nitrogen and oxygen atoms in total. The van der Waals surface area contributed by atoms with Crippen LogP contribution in [0.4, 0.5) is 0 Å². The highest BCUT2D eigenvalue weighted by molar-refractivity contribution is 5.48. The second-order valence-corrected chi connectivity index (χ2v) is 4.60. The van der Waals surface area contributed by atoms with E-state index in [2.05, 4.69) is 12.1 Å². The molecule has 0 bridgehead atoms. The smallest absolute Gasteiger partial charge is 0.155 e. The fourth-order valence-corrected chi connectivity index (χ4v) is 2.24. The van der Waals surface area contributed by atoms with Gasteiger partial charge in [0, 0.05) is 0 Å². The molecule has 0 fully saturated rings. The first-order chi connectivity index (χ1) is 8.58. The van der Waals surface area contributed by atoms with Crippen molar-refractivity contribution in [1.29, 1.82) is 5.26 Å². The number of hydrogen-bond donors (Lipinski definition) is 1. The Labute approximate surface area is 108 Å². The largest absolute Gasteiger partial charge is 0.306 e. The summed E-state index contributed by atoms with van der Waals surface area (Å²) in [6.07, 6.45) is 0. The fraction of sp³-hybridized carbons (Fsp3) is 0.188. The number of rotatable bonds is 2. The lowest BCUT2D eigenvalue weighted by Crippen LogP contribution is -2.37. The summed E-state index contributed by atoms with van der Waals surface area (Å²) in [4.78, 5) is 0. The summed E-state index contributed by atoms with van der Waals surface area (Å²) in [5.41, 5.74) is 9.14. The van der Waals surface area contributed by atoms with Crippen LogP contribution in [0.3, 0.4) is 0 Å². The molecule has 2 aromatic rings. The standard InChI is InChI=1S/C16H16N2/c1-12-8-9-15(13(2)10-12)16(18,11-17)14-6-4-3-5-7-14/h3-10H,18H2,1-2H3. The third kappa shape index (κ3) is 2.01. The van der Waals surface area contributed by atoms with Crippen molar-refractivity contribution in [1.82, 2.24) is 0 Å². The van der Waals surface area contributed by atoms with Crippen LogP contribution in [0.5, 0.6) is 0 Å². The number of aryl methyl sites for hydroxylation is 2. The minimum Gasteiger partial charge on any atom is -0.306 e. The van der Waals surface area contributed by atoms with E-state index in [0.29, 0.717) is 0 Å². The molecule has 2 N–H and O–H groups in total. The summed E-state index contributed by atoms with van der Waals surface area (Å²) < 4.78 is 0. The van der Waals surface area contributed by atoms with E-state index in [-0.39, 0.29) is 0 Å². The molecular weight excluding hydrogens is 220 g/mol. The van der Waals surface area contributed by atoms with Gasteiger partial charge in [0.15, 0.2) is 5.54 Å². The third-order valence-corrected chi connectivity index (χ3v) is 3.21. The zero-order valence-corrected chi connectivity index (χ0v) is 10.6. The maximum atomic E-state index is 9.51. The van der Waals surface area contributed by atoms with E-state index < -0.39 is 5.54 Å². The molecule has 2 heteroatoms. The van der Waals surface area contributed by atoms with Crippen molar-refractivity contribution in [2.24, 2.45) is 5.73 Å². The molecule has 18 heavy (non-hydrogen) atoms. The number of benzene rings is 2. The predicted molar refractivity (Wildman–Crippen MR) is 72.9 cm³/mol. The van der Waals surface area contributed by atoms with Crippen molar-refractivity contribution in [2.75, 3.05) is 0 Å². The van der Waals surface area contributed by atoms with Crippen LogP contribution in [-0.4, -0.2) is 0 Å². The maximum Gasteiger partial charge on any atom is 0.155 e. The first-order valence-electron chi connectivity index (χ1n) is 5.91. The van der Waals surface area contributed by atoms with E-state index in [1.54, 1.807) is 0 Å². The highest BCUT2D eigenvalue weighted by Crippen LogP contribution is 2.29. The van der Waals surface area contributed by atoms with Crippen LogP contribution < -0.4 is 5.73 Å². The van der Waals surface area contributed by atoms with Gasteiger partial charge >= 0.3 is 0 Å². The van der Waals surface area contributed by atoms with Gasteiger partial charge in [0.2, 0.25) is 0 Å². The summed E-state index contributed by atoms with van der Waals surface area (Å²) in [5.74, 6) is 0. The quantitative estimate of drug-likeness (QED) is 0.871. The molecule has 0 aromatic heterocycles. The molecule has 0 saturated carbocycles. The van der Waals surface area contributed by atoms with Gasteiger partial charge in [-0.25, -0.2) is 0 Å². The van der Waals surface area contributed by atoms with Gasteiger partial charge in [0.05, 0.1) is 6.07 Å². The number of nitrogens with zero attached hydrogens (tertiary/aromatic N) is 1. The van der Waals surface area contributed by atoms with Crippen molar-refractivity contribution in [3.63, 3.8) is 0 Å². The van der Waals surface area contributed by atoms with Crippen LogP contribution in [0.15, 0.2) is 48.5 Å². The Balaban J connectivity index is 2.62. The summed E-state index contributed by atoms with van der Waals surface area (Å²) in [7, 11) is 0. The first kappa shape index (κ1) is 12.3. The van der Waals surface area contributed by atoms with E-state index >= 15 is 0 Å². The maximum absolute atomic E-state index is 9.51. The Bertz CT molecular complexity index is 596. The molecule has 2 aromatic carbocycles. The van der Waals surface area contributed by atoms with Gasteiger partial charge in [-0.2, -0.15) is 5.26 Å². The van der Waals surface area contributed by atoms with Crippen LogP contribution >= 0.6 is 0 Å². The van der Waals surface area contributed by atoms with Crippen LogP contribution in [0.25, 0.3) is 0 Å². The first-order valence-corrected chi connectivity index (χ1v) is 5.91. The molecule has 0 amide bonds. The third-order valence-electron chi connectivity index (χ3n) is 3.21. The minimum absolute atomic E-state index is 0.819. The molecule has 2 rings (SSSR count). The lowest BCUT2D eigenvalue weighted by Gasteiger charge is -2.24. The molecule has 1 atom stereocenters. The lowest BCUT2D eigenvalue weighted by atomic mass is 9.82. The Morgan fingerprint density at radius 3 is 2.28 bits per heavy atom. The molecule has 90 valence electrons. The molecule has 0 aliphatic heterocycles. The molecule has 0 saturated heterocycles. The van der Waals surface area contributed by atoms with Crippen LogP contribution in [0.2, 0.25) is 0 Å². The highest BCUT2D eigenvalue weighted by Gasteiger charge is 2.30. The van der Waals surface area contributed by atoms with E-state index in [1.807, 2.05) is 56.3 Å². The zero-order valence-electron chi connectivity index (χ0n) is 10.6. The van der Waals surface area contributed by atoms with Gasteiger partial charge in [-0.15, -0.1) is 0 Å². The lowest BCUT2D eigenvalue weighted by molar-refractivity contribution is 0.692. The average Bonchev–Trinajstić information content (AvgIpc) is 2.39. The Morgan fingerprint density at radius 1 is 1.06 bits per heavy atom. The summed E-state index contributed by atoms with van der Waals surface area (Å²) in [5, 5.41) is 9.51. The normalized spacial score (nSPS) is 13.7. The summed E-state index contributed by atoms with van der Waals surface area (Å²) in [6.45, 7) is 4.02. The second kappa shape index (κ2) is 4.64. The second-order valence-electron chi connectivity index (χ2n) is 4.60. The van der Waals surface area contributed by atoms with Crippen molar-refractivity contribution in [2.45, 2.75) is 19.4 Å². The number of hydrogen-bond acceptors (Lipinski definition) is 2. The average molecular weight is 236 g/mol. The molecular formula is C16H16N2. The van der Waals surface area contributed by atoms with Gasteiger partial charge in [-0.1, -0.05) is 54.1 Å². The molecule has 0 radical (unpaired) electrons. The van der Waals surface area contributed by atoms with Gasteiger partial charge in [0.1, 0.15) is 0 Å². The molecule has 0 aliphatic rings. The van der Waals surface area contributed by atoms with E-state index in [9.17, 15) is 5.26 Å². The fourth-order valence-electron chi connectivity index (χ4n) is 2.24. The Hall–Kier alpha value is -2.11. The number of nitrogens with two attached hydrogens (primary N) is 1. The highest BCUT2D eigenvalue weighted by atomic mass is 14.7. The SMILES string of the molecule is Cc1ccc(C(N)(C#N)c2ccccc2)c(C)c1. The van der Waals surface area contributed by atoms with Crippen molar-refractivity contribution < 1.29 is 0 Å². The molecule has 0 heterocycles. The van der Waals surface area contributed by atoms with E-state index in [4.69, 9.17) is 5.73 Å². The van der Waals surface area contributed by atoms with Gasteiger partial charge in [0.25, 0.3) is 0 Å². The van der Waals surface area contributed by atoms with Crippen LogP contribution in [-0.2, 0) is 5.54 Å². The van der Waals surface area contributed by atoms with Gasteiger partial charge in [-0.3, -0.25) is 0 Å². The predicted octanol–water partition coefficient (Wildman–Crippen LogP) is 3.03. The summed E-state index contributed by atoms with van der Waals surface area (Å²) >= 11 is 0. The molecule has 0 spiro atoms. The monoisotopic (exact) mass is 236 g/mol. The van der Waals surface area contributed by atoms with E-state index in [1.165, 1.54) is 5.56 Å². The Morgan fingerprint density at radius 2 is 1.72 bits per heavy atom. The van der Waals surface area contributed by atoms with Crippen molar-refractivity contribution >= 4 is 0 Å². The Kier molecular flexibility index (Phi) is 3.18. The summed E-state index contributed by atoms with van der Waals surface area (Å²) in [6, 6.07) is 17.7. The van der Waals surface area contributed by atoms with E-state index in [0.717, 1.165) is 16.7 Å². The number of nitriles is 1. The minimum atomic E-state index is -1.08. The van der Waals surface area contributed by atoms with Crippen LogP contribution in [0.1, 0.15) is 22.3 Å². The molecule has 0 aliphatic carbocycles.